The van der Waals surface area contributed by atoms with Crippen LogP contribution in [0, 0.1) is 12.3 Å². The van der Waals surface area contributed by atoms with Crippen molar-refractivity contribution in [2.75, 3.05) is 6.61 Å². The Morgan fingerprint density at radius 1 is 2.00 bits per heavy atom. The number of hydrogen-bond acceptors (Lipinski definition) is 2. The average molecular weight is 154 g/mol. The summed E-state index contributed by atoms with van der Waals surface area (Å²) < 4.78 is 14.0. The highest BCUT2D eigenvalue weighted by Gasteiger charge is 2.11. The Bertz CT molecular complexity index is 143. The van der Waals surface area contributed by atoms with Gasteiger partial charge in [0.2, 0.25) is 0 Å². The molecule has 0 fully saturated rings. The van der Waals surface area contributed by atoms with Gasteiger partial charge < -0.3 is 4.89 Å². The molecule has 1 unspecified atom stereocenters. The van der Waals surface area contributed by atoms with Crippen LogP contribution in [0.1, 0.15) is 0 Å². The lowest BCUT2D eigenvalue weighted by Gasteiger charge is -1.96. The van der Waals surface area contributed by atoms with Crippen LogP contribution in [-0.2, 0) is 9.09 Å². The molecular weight excluding hydrogens is 150 g/mol. The van der Waals surface area contributed by atoms with Crippen LogP contribution in [-0.4, -0.2) is 11.5 Å². The molecule has 1 N–H and O–H groups in total. The van der Waals surface area contributed by atoms with Gasteiger partial charge in [-0.25, -0.2) is 4.57 Å². The molecule has 0 aromatic carbocycles. The standard InChI is InChI=1S/C3H4ClO3P/c1-2-3-7-8(4,5)6/h1H,3H2,(H,5,6). The van der Waals surface area contributed by atoms with E-state index >= 15 is 0 Å². The van der Waals surface area contributed by atoms with Gasteiger partial charge in [-0.3, -0.25) is 4.52 Å². The lowest BCUT2D eigenvalue weighted by molar-refractivity contribution is 0.309. The fraction of sp³-hybridized carbons (Fsp3) is 0.333. The zero-order valence-electron chi connectivity index (χ0n) is 3.87. The van der Waals surface area contributed by atoms with Crippen LogP contribution >= 0.6 is 18.2 Å². The maximum absolute atomic E-state index is 9.98. The number of rotatable bonds is 2. The molecule has 0 aromatic rings. The number of halogens is 1. The first-order valence-corrected chi connectivity index (χ1v) is 4.15. The van der Waals surface area contributed by atoms with E-state index in [4.69, 9.17) is 16.1 Å². The van der Waals surface area contributed by atoms with Gasteiger partial charge in [0.25, 0.3) is 0 Å². The maximum atomic E-state index is 9.98. The van der Waals surface area contributed by atoms with E-state index in [0.717, 1.165) is 0 Å². The molecule has 8 heavy (non-hydrogen) atoms. The van der Waals surface area contributed by atoms with Crippen LogP contribution in [0.4, 0.5) is 0 Å². The van der Waals surface area contributed by atoms with Crippen LogP contribution in [0.15, 0.2) is 0 Å². The van der Waals surface area contributed by atoms with E-state index in [9.17, 15) is 4.57 Å². The first kappa shape index (κ1) is 8.00. The van der Waals surface area contributed by atoms with Crippen molar-refractivity contribution in [3.63, 3.8) is 0 Å². The van der Waals surface area contributed by atoms with Crippen molar-refractivity contribution in [3.8, 4) is 12.3 Å². The molecule has 46 valence electrons. The molecule has 0 aliphatic carbocycles. The van der Waals surface area contributed by atoms with E-state index in [1.165, 1.54) is 0 Å². The summed E-state index contributed by atoms with van der Waals surface area (Å²) in [6.07, 6.45) is 4.67. The van der Waals surface area contributed by atoms with E-state index in [1.807, 2.05) is 5.92 Å². The second kappa shape index (κ2) is 3.11. The van der Waals surface area contributed by atoms with E-state index in [1.54, 1.807) is 0 Å². The van der Waals surface area contributed by atoms with Gasteiger partial charge in [-0.1, -0.05) is 5.92 Å². The molecule has 0 aromatic heterocycles. The topological polar surface area (TPSA) is 46.5 Å². The molecule has 0 rings (SSSR count). The lowest BCUT2D eigenvalue weighted by Crippen LogP contribution is -1.82. The Balaban J connectivity index is 3.45. The Morgan fingerprint density at radius 2 is 2.50 bits per heavy atom. The Labute approximate surface area is 51.9 Å². The average Bonchev–Trinajstić information content (AvgIpc) is 1.59. The molecule has 0 saturated heterocycles. The molecule has 0 aliphatic heterocycles. The van der Waals surface area contributed by atoms with Gasteiger partial charge in [0.1, 0.15) is 6.61 Å². The van der Waals surface area contributed by atoms with Crippen LogP contribution in [0.25, 0.3) is 0 Å². The fourth-order valence-electron chi connectivity index (χ4n) is 0.117. The molecule has 0 aliphatic rings. The molecule has 1 atom stereocenters. The minimum Gasteiger partial charge on any atom is -0.313 e. The van der Waals surface area contributed by atoms with Crippen LogP contribution in [0.2, 0.25) is 0 Å². The molecule has 0 amide bonds. The smallest absolute Gasteiger partial charge is 0.313 e. The fourth-order valence-corrected chi connectivity index (χ4v) is 0.497. The molecule has 5 heteroatoms. The van der Waals surface area contributed by atoms with Gasteiger partial charge in [-0.15, -0.1) is 6.42 Å². The lowest BCUT2D eigenvalue weighted by atomic mass is 10.8. The maximum Gasteiger partial charge on any atom is 0.422 e. The third kappa shape index (κ3) is 6.00. The molecule has 3 nitrogen and oxygen atoms in total. The third-order valence-corrected chi connectivity index (χ3v) is 1.05. The number of terminal acetylenes is 1. The molecule has 0 spiro atoms. The third-order valence-electron chi connectivity index (χ3n) is 0.307. The molecule has 0 saturated carbocycles. The second-order valence-corrected chi connectivity index (χ2v) is 3.37. The predicted octanol–water partition coefficient (Wildman–Crippen LogP) is 0.975. The van der Waals surface area contributed by atoms with Crippen LogP contribution < -0.4 is 0 Å². The number of hydrogen-bond donors (Lipinski definition) is 1. The normalized spacial score (nSPS) is 16.6. The monoisotopic (exact) mass is 154 g/mol. The van der Waals surface area contributed by atoms with Crippen LogP contribution in [0.5, 0.6) is 0 Å². The second-order valence-electron chi connectivity index (χ2n) is 0.929. The van der Waals surface area contributed by atoms with Gasteiger partial charge in [0.15, 0.2) is 0 Å². The van der Waals surface area contributed by atoms with Crippen molar-refractivity contribution in [1.29, 1.82) is 0 Å². The Morgan fingerprint density at radius 3 is 2.62 bits per heavy atom. The van der Waals surface area contributed by atoms with E-state index < -0.39 is 6.95 Å². The highest BCUT2D eigenvalue weighted by atomic mass is 35.7. The predicted molar refractivity (Wildman–Crippen MR) is 30.5 cm³/mol. The van der Waals surface area contributed by atoms with E-state index in [2.05, 4.69) is 10.9 Å². The summed E-state index contributed by atoms with van der Waals surface area (Å²) in [6, 6.07) is 0. The molecule has 0 heterocycles. The summed E-state index contributed by atoms with van der Waals surface area (Å²) in [6.45, 7) is -4.09. The van der Waals surface area contributed by atoms with Gasteiger partial charge in [0.05, 0.1) is 0 Å². The zero-order chi connectivity index (χ0) is 6.62. The summed E-state index contributed by atoms with van der Waals surface area (Å²) in [5.41, 5.74) is 0. The largest absolute Gasteiger partial charge is 0.422 e. The first-order chi connectivity index (χ1) is 3.56. The van der Waals surface area contributed by atoms with Crippen molar-refractivity contribution in [2.24, 2.45) is 0 Å². The molecule has 0 bridgehead atoms. The summed E-state index contributed by atoms with van der Waals surface area (Å²) in [7, 11) is 0. The van der Waals surface area contributed by atoms with Crippen LogP contribution in [0.3, 0.4) is 0 Å². The molecular formula is C3H4ClO3P. The van der Waals surface area contributed by atoms with Gasteiger partial charge in [0, 0.05) is 11.2 Å². The SMILES string of the molecule is C#CCOP(=O)(O)Cl. The minimum atomic E-state index is -3.85. The zero-order valence-corrected chi connectivity index (χ0v) is 5.52. The summed E-state index contributed by atoms with van der Waals surface area (Å²) in [5, 5.41) is 0. The van der Waals surface area contributed by atoms with Gasteiger partial charge in [-0.2, -0.15) is 0 Å². The summed E-state index contributed by atoms with van der Waals surface area (Å²) >= 11 is 4.71. The quantitative estimate of drug-likeness (QED) is 0.476. The minimum absolute atomic E-state index is 0.239. The van der Waals surface area contributed by atoms with Gasteiger partial charge in [-0.05, 0) is 0 Å². The van der Waals surface area contributed by atoms with Crippen molar-refractivity contribution < 1.29 is 14.0 Å². The highest BCUT2D eigenvalue weighted by molar-refractivity contribution is 7.80. The van der Waals surface area contributed by atoms with Crippen molar-refractivity contribution in [1.82, 2.24) is 0 Å². The van der Waals surface area contributed by atoms with Crippen molar-refractivity contribution in [3.05, 3.63) is 0 Å². The summed E-state index contributed by atoms with van der Waals surface area (Å²) in [5.74, 6) is 1.99. The molecule has 0 radical (unpaired) electrons. The van der Waals surface area contributed by atoms with E-state index in [-0.39, 0.29) is 6.61 Å². The van der Waals surface area contributed by atoms with Crippen molar-refractivity contribution in [2.45, 2.75) is 0 Å². The van der Waals surface area contributed by atoms with Crippen molar-refractivity contribution >= 4 is 18.2 Å². The summed E-state index contributed by atoms with van der Waals surface area (Å²) in [4.78, 5) is 8.15. The Kier molecular flexibility index (Phi) is 3.11. The Hall–Kier alpha value is 0. The first-order valence-electron chi connectivity index (χ1n) is 1.67. The van der Waals surface area contributed by atoms with E-state index in [0.29, 0.717) is 0 Å². The van der Waals surface area contributed by atoms with Gasteiger partial charge >= 0.3 is 6.95 Å². The highest BCUT2D eigenvalue weighted by Crippen LogP contribution is 2.46.